The third-order valence-corrected chi connectivity index (χ3v) is 2.54. The van der Waals surface area contributed by atoms with Crippen molar-refractivity contribution >= 4 is 0 Å². The van der Waals surface area contributed by atoms with E-state index in [4.69, 9.17) is 4.74 Å². The maximum absolute atomic E-state index is 5.34. The Labute approximate surface area is 78.1 Å². The van der Waals surface area contributed by atoms with Crippen LogP contribution in [0.15, 0.2) is 18.3 Å². The highest BCUT2D eigenvalue weighted by Crippen LogP contribution is 2.27. The quantitative estimate of drug-likeness (QED) is 0.706. The molecule has 2 rings (SSSR count). The predicted octanol–water partition coefficient (Wildman–Crippen LogP) is 1.43. The molecule has 1 aliphatic rings. The van der Waals surface area contributed by atoms with Gasteiger partial charge in [0.25, 0.3) is 0 Å². The zero-order chi connectivity index (χ0) is 9.26. The molecule has 70 valence electrons. The van der Waals surface area contributed by atoms with Crippen LogP contribution in [0.3, 0.4) is 0 Å². The van der Waals surface area contributed by atoms with E-state index in [1.807, 2.05) is 12.3 Å². The molecule has 1 aromatic rings. The molecule has 1 aliphatic heterocycles. The van der Waals surface area contributed by atoms with Gasteiger partial charge in [0.15, 0.2) is 0 Å². The van der Waals surface area contributed by atoms with Crippen molar-refractivity contribution in [2.75, 3.05) is 13.7 Å². The Kier molecular flexibility index (Phi) is 2.29. The fourth-order valence-electron chi connectivity index (χ4n) is 1.75. The van der Waals surface area contributed by atoms with Crippen molar-refractivity contribution < 1.29 is 4.74 Å². The van der Waals surface area contributed by atoms with Gasteiger partial charge in [0.05, 0.1) is 5.69 Å². The first-order chi connectivity index (χ1) is 6.33. The van der Waals surface area contributed by atoms with Crippen molar-refractivity contribution in [3.8, 4) is 0 Å². The van der Waals surface area contributed by atoms with Crippen molar-refractivity contribution in [2.45, 2.75) is 19.1 Å². The lowest BCUT2D eigenvalue weighted by Crippen LogP contribution is -2.32. The van der Waals surface area contributed by atoms with Gasteiger partial charge >= 0.3 is 0 Å². The molecule has 0 fully saturated rings. The molecule has 0 spiro atoms. The molecule has 0 radical (unpaired) electrons. The van der Waals surface area contributed by atoms with Crippen LogP contribution < -0.4 is 5.32 Å². The van der Waals surface area contributed by atoms with Crippen LogP contribution in [0.4, 0.5) is 0 Å². The molecule has 3 heteroatoms. The first-order valence-corrected chi connectivity index (χ1v) is 4.54. The number of nitrogens with zero attached hydrogens (tertiary/aromatic N) is 1. The molecule has 1 aromatic heterocycles. The second-order valence-electron chi connectivity index (χ2n) is 3.33. The Bertz CT molecular complexity index is 301. The van der Waals surface area contributed by atoms with E-state index in [9.17, 15) is 0 Å². The van der Waals surface area contributed by atoms with Gasteiger partial charge in [-0.3, -0.25) is 4.98 Å². The predicted molar refractivity (Wildman–Crippen MR) is 50.4 cm³/mol. The Morgan fingerprint density at radius 2 is 2.46 bits per heavy atom. The number of nitrogens with one attached hydrogen (secondary N) is 1. The fraction of sp³-hybridized carbons (Fsp3) is 0.500. The van der Waals surface area contributed by atoms with E-state index in [0.29, 0.717) is 6.04 Å². The summed E-state index contributed by atoms with van der Waals surface area (Å²) in [5.41, 5.74) is 2.33. The second-order valence-corrected chi connectivity index (χ2v) is 3.33. The summed E-state index contributed by atoms with van der Waals surface area (Å²) in [5, 5.41) is 3.37. The third kappa shape index (κ3) is 1.45. The second kappa shape index (κ2) is 3.44. The Morgan fingerprint density at radius 3 is 3.23 bits per heavy atom. The highest BCUT2D eigenvalue weighted by molar-refractivity contribution is 5.27. The van der Waals surface area contributed by atoms with Gasteiger partial charge in [-0.15, -0.1) is 0 Å². The average molecular weight is 178 g/mol. The fourth-order valence-corrected chi connectivity index (χ4v) is 1.75. The minimum absolute atomic E-state index is 0.104. The molecular formula is C10H14N2O. The van der Waals surface area contributed by atoms with Crippen molar-refractivity contribution in [3.63, 3.8) is 0 Å². The van der Waals surface area contributed by atoms with Gasteiger partial charge in [-0.25, -0.2) is 0 Å². The summed E-state index contributed by atoms with van der Waals surface area (Å²) < 4.78 is 5.34. The maximum Gasteiger partial charge on any atom is 0.112 e. The normalized spacial score (nSPS) is 26.9. The van der Waals surface area contributed by atoms with Crippen molar-refractivity contribution in [1.29, 1.82) is 0 Å². The molecule has 2 unspecified atom stereocenters. The number of fused-ring (bicyclic) bond motifs is 1. The lowest BCUT2D eigenvalue weighted by Gasteiger charge is -2.28. The van der Waals surface area contributed by atoms with Crippen LogP contribution in [0.2, 0.25) is 0 Å². The molecule has 0 bridgehead atoms. The Morgan fingerprint density at radius 1 is 1.62 bits per heavy atom. The van der Waals surface area contributed by atoms with E-state index < -0.39 is 0 Å². The van der Waals surface area contributed by atoms with Gasteiger partial charge in [0.2, 0.25) is 0 Å². The molecule has 1 N–H and O–H groups in total. The third-order valence-electron chi connectivity index (χ3n) is 2.54. The van der Waals surface area contributed by atoms with Gasteiger partial charge in [0, 0.05) is 25.9 Å². The van der Waals surface area contributed by atoms with Crippen LogP contribution in [0.5, 0.6) is 0 Å². The van der Waals surface area contributed by atoms with E-state index in [1.165, 1.54) is 5.56 Å². The number of ether oxygens (including phenoxy) is 1. The summed E-state index contributed by atoms with van der Waals surface area (Å²) in [6.45, 7) is 2.99. The topological polar surface area (TPSA) is 34.1 Å². The molecule has 0 saturated heterocycles. The monoisotopic (exact) mass is 178 g/mol. The SMILES string of the molecule is COC1CNC(C)c2cccnc21. The van der Waals surface area contributed by atoms with Crippen LogP contribution in [0, 0.1) is 0 Å². The number of aromatic nitrogens is 1. The Balaban J connectivity index is 2.42. The largest absolute Gasteiger partial charge is 0.374 e. The summed E-state index contributed by atoms with van der Waals surface area (Å²) in [6.07, 6.45) is 1.93. The summed E-state index contributed by atoms with van der Waals surface area (Å²) in [7, 11) is 1.72. The van der Waals surface area contributed by atoms with E-state index in [0.717, 1.165) is 12.2 Å². The number of rotatable bonds is 1. The van der Waals surface area contributed by atoms with Crippen molar-refractivity contribution in [3.05, 3.63) is 29.6 Å². The van der Waals surface area contributed by atoms with Crippen LogP contribution in [-0.2, 0) is 4.74 Å². The summed E-state index contributed by atoms with van der Waals surface area (Å²) in [5.74, 6) is 0. The van der Waals surface area contributed by atoms with Gasteiger partial charge in [-0.2, -0.15) is 0 Å². The van der Waals surface area contributed by atoms with Gasteiger partial charge in [-0.05, 0) is 18.6 Å². The smallest absolute Gasteiger partial charge is 0.112 e. The van der Waals surface area contributed by atoms with E-state index in [1.54, 1.807) is 7.11 Å². The minimum Gasteiger partial charge on any atom is -0.374 e. The first kappa shape index (κ1) is 8.66. The highest BCUT2D eigenvalue weighted by atomic mass is 16.5. The number of hydrogen-bond acceptors (Lipinski definition) is 3. The molecule has 13 heavy (non-hydrogen) atoms. The molecular weight excluding hydrogens is 164 g/mol. The maximum atomic E-state index is 5.34. The zero-order valence-corrected chi connectivity index (χ0v) is 7.95. The first-order valence-electron chi connectivity index (χ1n) is 4.54. The molecule has 0 aromatic carbocycles. The van der Waals surface area contributed by atoms with Gasteiger partial charge < -0.3 is 10.1 Å². The zero-order valence-electron chi connectivity index (χ0n) is 7.95. The van der Waals surface area contributed by atoms with Crippen molar-refractivity contribution in [1.82, 2.24) is 10.3 Å². The molecule has 2 heterocycles. The van der Waals surface area contributed by atoms with Crippen LogP contribution in [0.1, 0.15) is 30.3 Å². The van der Waals surface area contributed by atoms with E-state index in [2.05, 4.69) is 23.3 Å². The van der Waals surface area contributed by atoms with Crippen LogP contribution in [-0.4, -0.2) is 18.6 Å². The molecule has 2 atom stereocenters. The van der Waals surface area contributed by atoms with Crippen LogP contribution in [0.25, 0.3) is 0 Å². The summed E-state index contributed by atoms with van der Waals surface area (Å²) in [6, 6.07) is 4.45. The number of pyridine rings is 1. The lowest BCUT2D eigenvalue weighted by atomic mass is 9.99. The van der Waals surface area contributed by atoms with Crippen LogP contribution >= 0.6 is 0 Å². The average Bonchev–Trinajstić information content (AvgIpc) is 2.19. The number of hydrogen-bond donors (Lipinski definition) is 1. The van der Waals surface area contributed by atoms with Crippen molar-refractivity contribution in [2.24, 2.45) is 0 Å². The lowest BCUT2D eigenvalue weighted by molar-refractivity contribution is 0.0878. The minimum atomic E-state index is 0.104. The summed E-state index contributed by atoms with van der Waals surface area (Å²) in [4.78, 5) is 4.36. The van der Waals surface area contributed by atoms with Gasteiger partial charge in [-0.1, -0.05) is 6.07 Å². The molecule has 3 nitrogen and oxygen atoms in total. The Hall–Kier alpha value is -0.930. The molecule has 0 aliphatic carbocycles. The van der Waals surface area contributed by atoms with Gasteiger partial charge in [0.1, 0.15) is 6.10 Å². The molecule has 0 saturated carbocycles. The highest BCUT2D eigenvalue weighted by Gasteiger charge is 2.24. The summed E-state index contributed by atoms with van der Waals surface area (Å²) >= 11 is 0. The standard InChI is InChI=1S/C10H14N2O/c1-7-8-4-3-5-11-10(8)9(13-2)6-12-7/h3-5,7,9,12H,6H2,1-2H3. The number of methoxy groups -OCH3 is 1. The van der Waals surface area contributed by atoms with E-state index >= 15 is 0 Å². The van der Waals surface area contributed by atoms with E-state index in [-0.39, 0.29) is 6.10 Å². The molecule has 0 amide bonds.